The normalized spacial score (nSPS) is 17.3. The third-order valence-corrected chi connectivity index (χ3v) is 5.37. The number of furan rings is 1. The molecule has 0 spiro atoms. The maximum absolute atomic E-state index is 15.0. The summed E-state index contributed by atoms with van der Waals surface area (Å²) in [7, 11) is 0. The van der Waals surface area contributed by atoms with Crippen molar-refractivity contribution in [2.75, 3.05) is 18.0 Å². The third kappa shape index (κ3) is 4.07. The van der Waals surface area contributed by atoms with Crippen LogP contribution >= 0.6 is 0 Å². The van der Waals surface area contributed by atoms with Gasteiger partial charge in [-0.3, -0.25) is 4.79 Å². The summed E-state index contributed by atoms with van der Waals surface area (Å²) in [5, 5.41) is 19.2. The van der Waals surface area contributed by atoms with E-state index in [0.29, 0.717) is 54.4 Å². The zero-order chi connectivity index (χ0) is 21.3. The number of alkyl halides is 2. The van der Waals surface area contributed by atoms with E-state index in [1.165, 1.54) is 0 Å². The van der Waals surface area contributed by atoms with Crippen LogP contribution in [-0.2, 0) is 10.7 Å². The number of β-amino-alcohol motifs (C(OH)–C–C–N with tert-alkyl or cyclic N) is 1. The first kappa shape index (κ1) is 20.5. The fourth-order valence-corrected chi connectivity index (χ4v) is 3.80. The molecule has 0 radical (unpaired) electrons. The predicted octanol–water partition coefficient (Wildman–Crippen LogP) is 4.07. The van der Waals surface area contributed by atoms with Gasteiger partial charge in [-0.15, -0.1) is 0 Å². The summed E-state index contributed by atoms with van der Waals surface area (Å²) in [6.07, 6.45) is 0.412. The number of rotatable bonds is 8. The van der Waals surface area contributed by atoms with Crippen molar-refractivity contribution in [1.82, 2.24) is 9.97 Å². The van der Waals surface area contributed by atoms with Crippen molar-refractivity contribution >= 4 is 33.9 Å². The van der Waals surface area contributed by atoms with Crippen molar-refractivity contribution in [3.63, 3.8) is 0 Å². The van der Waals surface area contributed by atoms with Gasteiger partial charge in [0.1, 0.15) is 11.1 Å². The van der Waals surface area contributed by atoms with Crippen LogP contribution in [0.2, 0.25) is 0 Å². The Morgan fingerprint density at radius 1 is 1.23 bits per heavy atom. The zero-order valence-electron chi connectivity index (χ0n) is 16.4. The Morgan fingerprint density at radius 2 is 2.03 bits per heavy atom. The minimum atomic E-state index is -3.26. The van der Waals surface area contributed by atoms with Gasteiger partial charge in [-0.25, -0.2) is 9.97 Å². The number of aliphatic hydroxyl groups excluding tert-OH is 1. The highest BCUT2D eigenvalue weighted by atomic mass is 19.3. The lowest BCUT2D eigenvalue weighted by Gasteiger charge is -2.20. The highest BCUT2D eigenvalue weighted by molar-refractivity contribution is 6.05. The van der Waals surface area contributed by atoms with Crippen LogP contribution in [0.25, 0.3) is 22.1 Å². The summed E-state index contributed by atoms with van der Waals surface area (Å²) in [4.78, 5) is 20.7. The van der Waals surface area contributed by atoms with E-state index >= 15 is 0 Å². The van der Waals surface area contributed by atoms with Crippen LogP contribution in [0.1, 0.15) is 44.3 Å². The number of aliphatic hydroxyl groups is 1. The number of benzene rings is 1. The first-order chi connectivity index (χ1) is 14.3. The van der Waals surface area contributed by atoms with Crippen molar-refractivity contribution < 1.29 is 28.2 Å². The Balaban J connectivity index is 1.68. The molecule has 160 valence electrons. The summed E-state index contributed by atoms with van der Waals surface area (Å²) in [6, 6.07) is 7.10. The van der Waals surface area contributed by atoms with Crippen LogP contribution in [0.5, 0.6) is 0 Å². The topological polar surface area (TPSA) is 99.7 Å². The molecule has 1 aromatic carbocycles. The number of para-hydroxylation sites is 1. The lowest BCUT2D eigenvalue weighted by molar-refractivity contribution is -0.137. The van der Waals surface area contributed by atoms with Crippen LogP contribution < -0.4 is 4.90 Å². The number of anilines is 1. The monoisotopic (exact) mass is 419 g/mol. The average molecular weight is 419 g/mol. The van der Waals surface area contributed by atoms with E-state index in [9.17, 15) is 18.7 Å². The molecule has 3 heterocycles. The molecule has 1 aliphatic rings. The smallest absolute Gasteiger partial charge is 0.306 e. The Labute approximate surface area is 171 Å². The summed E-state index contributed by atoms with van der Waals surface area (Å²) in [5.74, 6) is -4.49. The van der Waals surface area contributed by atoms with Gasteiger partial charge in [0.05, 0.1) is 6.10 Å². The number of aromatic nitrogens is 2. The quantitative estimate of drug-likeness (QED) is 0.531. The molecule has 0 saturated carbocycles. The van der Waals surface area contributed by atoms with Crippen molar-refractivity contribution in [2.24, 2.45) is 0 Å². The second-order valence-electron chi connectivity index (χ2n) is 7.69. The first-order valence-corrected chi connectivity index (χ1v) is 10.1. The van der Waals surface area contributed by atoms with E-state index in [4.69, 9.17) is 9.52 Å². The molecule has 3 aromatic rings. The highest BCUT2D eigenvalue weighted by Gasteiger charge is 2.37. The van der Waals surface area contributed by atoms with Crippen molar-refractivity contribution in [3.8, 4) is 0 Å². The molecule has 0 aliphatic carbocycles. The SMILES string of the molecule is O=C(O)CCCCCC(F)(F)c1nc(N2CCC(O)C2)c2oc3ccccc3c2n1. The van der Waals surface area contributed by atoms with Crippen LogP contribution in [0, 0.1) is 0 Å². The molecule has 1 saturated heterocycles. The van der Waals surface area contributed by atoms with Gasteiger partial charge < -0.3 is 19.5 Å². The number of nitrogens with zero attached hydrogens (tertiary/aromatic N) is 3. The van der Waals surface area contributed by atoms with E-state index < -0.39 is 30.2 Å². The standard InChI is InChI=1S/C21H23F2N3O4/c22-21(23,10-5-1-2-8-16(28)29)20-24-17-14-6-3-4-7-15(14)30-18(17)19(25-20)26-11-9-13(27)12-26/h3-4,6-7,13,27H,1-2,5,8-12H2,(H,28,29). The summed E-state index contributed by atoms with van der Waals surface area (Å²) in [5.41, 5.74) is 1.21. The Kier molecular flexibility index (Phi) is 5.55. The minimum absolute atomic E-state index is 0.0313. The molecule has 7 nitrogen and oxygen atoms in total. The van der Waals surface area contributed by atoms with Gasteiger partial charge in [-0.05, 0) is 31.4 Å². The summed E-state index contributed by atoms with van der Waals surface area (Å²) in [6.45, 7) is 0.786. The first-order valence-electron chi connectivity index (χ1n) is 10.1. The molecule has 4 rings (SSSR count). The van der Waals surface area contributed by atoms with Gasteiger partial charge >= 0.3 is 11.9 Å². The van der Waals surface area contributed by atoms with Crippen molar-refractivity contribution in [1.29, 1.82) is 0 Å². The lowest BCUT2D eigenvalue weighted by atomic mass is 10.1. The maximum Gasteiger partial charge on any atom is 0.306 e. The van der Waals surface area contributed by atoms with Crippen LogP contribution in [0.15, 0.2) is 28.7 Å². The Morgan fingerprint density at radius 3 is 2.77 bits per heavy atom. The van der Waals surface area contributed by atoms with E-state index in [2.05, 4.69) is 9.97 Å². The second kappa shape index (κ2) is 8.14. The molecule has 0 bridgehead atoms. The van der Waals surface area contributed by atoms with Crippen LogP contribution in [-0.4, -0.2) is 45.3 Å². The van der Waals surface area contributed by atoms with E-state index in [-0.39, 0.29) is 18.7 Å². The largest absolute Gasteiger partial charge is 0.481 e. The highest BCUT2D eigenvalue weighted by Crippen LogP contribution is 2.38. The molecule has 2 aromatic heterocycles. The van der Waals surface area contributed by atoms with E-state index in [1.54, 1.807) is 29.2 Å². The molecule has 1 unspecified atom stereocenters. The van der Waals surface area contributed by atoms with Gasteiger partial charge in [0.15, 0.2) is 11.4 Å². The Bertz CT molecular complexity index is 1070. The fraction of sp³-hybridized carbons (Fsp3) is 0.476. The average Bonchev–Trinajstić information content (AvgIpc) is 3.30. The van der Waals surface area contributed by atoms with Gasteiger partial charge in [0, 0.05) is 31.3 Å². The van der Waals surface area contributed by atoms with Crippen LogP contribution in [0.3, 0.4) is 0 Å². The Hall–Kier alpha value is -2.81. The molecule has 1 atom stereocenters. The van der Waals surface area contributed by atoms with E-state index in [1.807, 2.05) is 0 Å². The number of carboxylic acid groups (broad SMARTS) is 1. The lowest BCUT2D eigenvalue weighted by Crippen LogP contribution is -2.25. The van der Waals surface area contributed by atoms with Crippen molar-refractivity contribution in [3.05, 3.63) is 30.1 Å². The number of unbranched alkanes of at least 4 members (excludes halogenated alkanes) is 2. The number of fused-ring (bicyclic) bond motifs is 3. The second-order valence-corrected chi connectivity index (χ2v) is 7.69. The zero-order valence-corrected chi connectivity index (χ0v) is 16.4. The number of carbonyl (C=O) groups is 1. The molecule has 1 fully saturated rings. The molecule has 30 heavy (non-hydrogen) atoms. The molecular weight excluding hydrogens is 396 g/mol. The summed E-state index contributed by atoms with van der Waals surface area (Å²) >= 11 is 0. The number of hydrogen-bond acceptors (Lipinski definition) is 6. The third-order valence-electron chi connectivity index (χ3n) is 5.37. The predicted molar refractivity (Wildman–Crippen MR) is 107 cm³/mol. The number of hydrogen-bond donors (Lipinski definition) is 2. The molecule has 2 N–H and O–H groups in total. The summed E-state index contributed by atoms with van der Waals surface area (Å²) < 4.78 is 35.8. The maximum atomic E-state index is 15.0. The fourth-order valence-electron chi connectivity index (χ4n) is 3.80. The molecule has 9 heteroatoms. The minimum Gasteiger partial charge on any atom is -0.481 e. The van der Waals surface area contributed by atoms with Gasteiger partial charge in [-0.2, -0.15) is 8.78 Å². The van der Waals surface area contributed by atoms with Gasteiger partial charge in [-0.1, -0.05) is 18.6 Å². The molecular formula is C21H23F2N3O4. The molecule has 1 aliphatic heterocycles. The van der Waals surface area contributed by atoms with Crippen LogP contribution in [0.4, 0.5) is 14.6 Å². The number of aliphatic carboxylic acids is 1. The van der Waals surface area contributed by atoms with Gasteiger partial charge in [0.2, 0.25) is 5.82 Å². The number of halogens is 2. The van der Waals surface area contributed by atoms with E-state index in [0.717, 1.165) is 0 Å². The molecule has 0 amide bonds. The number of carboxylic acids is 1. The van der Waals surface area contributed by atoms with Crippen molar-refractivity contribution in [2.45, 2.75) is 50.6 Å². The van der Waals surface area contributed by atoms with Gasteiger partial charge in [0.25, 0.3) is 0 Å².